The first kappa shape index (κ1) is 14.9. The van der Waals surface area contributed by atoms with E-state index >= 15 is 0 Å². The van der Waals surface area contributed by atoms with Crippen LogP contribution in [-0.4, -0.2) is 36.9 Å². The van der Waals surface area contributed by atoms with Gasteiger partial charge in [0.25, 0.3) is 0 Å². The van der Waals surface area contributed by atoms with E-state index in [0.29, 0.717) is 5.69 Å². The number of carbonyl (C=O) groups is 2. The lowest BCUT2D eigenvalue weighted by atomic mass is 10.2. The molecule has 0 unspecified atom stereocenters. The number of aromatic carboxylic acids is 1. The highest BCUT2D eigenvalue weighted by molar-refractivity contribution is 7.92. The van der Waals surface area contributed by atoms with Gasteiger partial charge in [-0.15, -0.1) is 6.58 Å². The summed E-state index contributed by atoms with van der Waals surface area (Å²) in [5.74, 6) is -2.66. The Morgan fingerprint density at radius 3 is 2.32 bits per heavy atom. The Kier molecular flexibility index (Phi) is 4.82. The maximum atomic E-state index is 11.5. The molecule has 0 aromatic heterocycles. The molecule has 19 heavy (non-hydrogen) atoms. The van der Waals surface area contributed by atoms with Crippen LogP contribution in [0.25, 0.3) is 0 Å². The predicted molar refractivity (Wildman–Crippen MR) is 70.9 cm³/mol. The maximum absolute atomic E-state index is 11.5. The molecule has 0 bridgehead atoms. The van der Waals surface area contributed by atoms with E-state index in [1.807, 2.05) is 0 Å². The van der Waals surface area contributed by atoms with Crippen LogP contribution < -0.4 is 5.32 Å². The van der Waals surface area contributed by atoms with Gasteiger partial charge in [-0.3, -0.25) is 4.79 Å². The normalized spacial score (nSPS) is 10.7. The zero-order chi connectivity index (χ0) is 14.5. The smallest absolute Gasteiger partial charge is 0.335 e. The minimum Gasteiger partial charge on any atom is -0.478 e. The fourth-order valence-corrected chi connectivity index (χ4v) is 2.28. The van der Waals surface area contributed by atoms with Gasteiger partial charge in [0.05, 0.1) is 11.3 Å². The second-order valence-electron chi connectivity index (χ2n) is 3.77. The molecule has 0 aliphatic carbocycles. The summed E-state index contributed by atoms with van der Waals surface area (Å²) in [6.45, 7) is 3.30. The van der Waals surface area contributed by atoms with Crippen LogP contribution in [0.1, 0.15) is 10.4 Å². The monoisotopic (exact) mass is 283 g/mol. The lowest BCUT2D eigenvalue weighted by Crippen LogP contribution is -2.24. The molecular weight excluding hydrogens is 270 g/mol. The van der Waals surface area contributed by atoms with Crippen molar-refractivity contribution in [1.29, 1.82) is 0 Å². The van der Waals surface area contributed by atoms with Crippen molar-refractivity contribution in [2.75, 3.05) is 16.8 Å². The number of hydrogen-bond donors (Lipinski definition) is 2. The fraction of sp³-hybridized carbons (Fsp3) is 0.167. The third-order valence-corrected chi connectivity index (χ3v) is 3.58. The van der Waals surface area contributed by atoms with Crippen LogP contribution in [0.5, 0.6) is 0 Å². The van der Waals surface area contributed by atoms with Crippen LogP contribution in [0.4, 0.5) is 5.69 Å². The van der Waals surface area contributed by atoms with Crippen molar-refractivity contribution >= 4 is 27.4 Å². The fourth-order valence-electron chi connectivity index (χ4n) is 1.33. The summed E-state index contributed by atoms with van der Waals surface area (Å²) in [6, 6.07) is 5.41. The third kappa shape index (κ3) is 4.92. The molecular formula is C12H13NO5S. The summed E-state index contributed by atoms with van der Waals surface area (Å²) in [4.78, 5) is 22.1. The van der Waals surface area contributed by atoms with Gasteiger partial charge in [0.2, 0.25) is 5.91 Å². The molecule has 0 heterocycles. The molecule has 0 saturated heterocycles. The van der Waals surface area contributed by atoms with Crippen LogP contribution in [0.2, 0.25) is 0 Å². The Labute approximate surface area is 110 Å². The van der Waals surface area contributed by atoms with Gasteiger partial charge in [0.1, 0.15) is 5.75 Å². The van der Waals surface area contributed by atoms with Gasteiger partial charge >= 0.3 is 5.97 Å². The van der Waals surface area contributed by atoms with Gasteiger partial charge < -0.3 is 10.4 Å². The van der Waals surface area contributed by atoms with E-state index in [1.54, 1.807) is 0 Å². The van der Waals surface area contributed by atoms with E-state index in [9.17, 15) is 18.0 Å². The molecule has 0 saturated carbocycles. The van der Waals surface area contributed by atoms with Gasteiger partial charge in [-0.2, -0.15) is 0 Å². The number of carboxylic acids is 1. The lowest BCUT2D eigenvalue weighted by molar-refractivity contribution is -0.113. The van der Waals surface area contributed by atoms with Gasteiger partial charge in [-0.25, -0.2) is 13.2 Å². The van der Waals surface area contributed by atoms with E-state index in [1.165, 1.54) is 30.3 Å². The topological polar surface area (TPSA) is 101 Å². The number of nitrogens with one attached hydrogen (secondary N) is 1. The van der Waals surface area contributed by atoms with Crippen molar-refractivity contribution in [2.24, 2.45) is 0 Å². The second-order valence-corrected chi connectivity index (χ2v) is 5.88. The van der Waals surface area contributed by atoms with E-state index < -0.39 is 27.5 Å². The van der Waals surface area contributed by atoms with Gasteiger partial charge in [0, 0.05) is 5.69 Å². The molecule has 2 N–H and O–H groups in total. The van der Waals surface area contributed by atoms with Crippen LogP contribution >= 0.6 is 0 Å². The zero-order valence-corrected chi connectivity index (χ0v) is 10.8. The number of benzene rings is 1. The van der Waals surface area contributed by atoms with E-state index in [2.05, 4.69) is 11.9 Å². The first-order chi connectivity index (χ1) is 8.84. The van der Waals surface area contributed by atoms with E-state index in [-0.39, 0.29) is 11.3 Å². The van der Waals surface area contributed by atoms with Crippen molar-refractivity contribution < 1.29 is 23.1 Å². The SMILES string of the molecule is C=CCS(=O)(=O)CC(=O)Nc1ccc(C(=O)O)cc1. The van der Waals surface area contributed by atoms with Crippen molar-refractivity contribution in [3.05, 3.63) is 42.5 Å². The third-order valence-electron chi connectivity index (χ3n) is 2.14. The highest BCUT2D eigenvalue weighted by Crippen LogP contribution is 2.09. The molecule has 1 aromatic rings. The van der Waals surface area contributed by atoms with Crippen LogP contribution in [0.3, 0.4) is 0 Å². The standard InChI is InChI=1S/C12H13NO5S/c1-2-7-19(17,18)8-11(14)13-10-5-3-9(4-6-10)12(15)16/h2-6H,1,7-8H2,(H,13,14)(H,15,16). The number of carbonyl (C=O) groups excluding carboxylic acids is 1. The van der Waals surface area contributed by atoms with E-state index in [0.717, 1.165) is 0 Å². The Hall–Kier alpha value is -2.15. The molecule has 1 aromatic carbocycles. The average molecular weight is 283 g/mol. The molecule has 7 heteroatoms. The molecule has 0 aliphatic heterocycles. The van der Waals surface area contributed by atoms with Crippen LogP contribution in [-0.2, 0) is 14.6 Å². The van der Waals surface area contributed by atoms with Gasteiger partial charge in [0.15, 0.2) is 9.84 Å². The molecule has 102 valence electrons. The largest absolute Gasteiger partial charge is 0.478 e. The highest BCUT2D eigenvalue weighted by Gasteiger charge is 2.15. The molecule has 0 aliphatic rings. The quantitative estimate of drug-likeness (QED) is 0.756. The summed E-state index contributed by atoms with van der Waals surface area (Å²) in [7, 11) is -3.50. The first-order valence-corrected chi connectivity index (χ1v) is 7.11. The molecule has 0 spiro atoms. The predicted octanol–water partition coefficient (Wildman–Crippen LogP) is 0.924. The van der Waals surface area contributed by atoms with Crippen molar-refractivity contribution in [3.8, 4) is 0 Å². The summed E-state index contributed by atoms with van der Waals surface area (Å²) in [5, 5.41) is 11.1. The number of hydrogen-bond acceptors (Lipinski definition) is 4. The molecule has 0 radical (unpaired) electrons. The van der Waals surface area contributed by atoms with Crippen molar-refractivity contribution in [1.82, 2.24) is 0 Å². The summed E-state index contributed by atoms with van der Waals surface area (Å²) in [6.07, 6.45) is 1.21. The Bertz CT molecular complexity index is 589. The number of anilines is 1. The Balaban J connectivity index is 2.67. The first-order valence-electron chi connectivity index (χ1n) is 5.28. The van der Waals surface area contributed by atoms with Gasteiger partial charge in [-0.05, 0) is 24.3 Å². The average Bonchev–Trinajstić information content (AvgIpc) is 2.28. The molecule has 0 atom stereocenters. The minimum atomic E-state index is -3.50. The molecule has 6 nitrogen and oxygen atoms in total. The van der Waals surface area contributed by atoms with Crippen molar-refractivity contribution in [3.63, 3.8) is 0 Å². The molecule has 1 rings (SSSR count). The summed E-state index contributed by atoms with van der Waals surface area (Å²) < 4.78 is 22.7. The number of amides is 1. The number of rotatable bonds is 6. The van der Waals surface area contributed by atoms with Gasteiger partial charge in [-0.1, -0.05) is 6.08 Å². The minimum absolute atomic E-state index is 0.0808. The summed E-state index contributed by atoms with van der Waals surface area (Å²) >= 11 is 0. The van der Waals surface area contributed by atoms with Crippen LogP contribution in [0.15, 0.2) is 36.9 Å². The second kappa shape index (κ2) is 6.14. The number of sulfone groups is 1. The molecule has 0 fully saturated rings. The lowest BCUT2D eigenvalue weighted by Gasteiger charge is -2.05. The van der Waals surface area contributed by atoms with E-state index in [4.69, 9.17) is 5.11 Å². The maximum Gasteiger partial charge on any atom is 0.335 e. The number of carboxylic acid groups (broad SMARTS) is 1. The Morgan fingerprint density at radius 2 is 1.84 bits per heavy atom. The summed E-state index contributed by atoms with van der Waals surface area (Å²) in [5.41, 5.74) is 0.418. The molecule has 1 amide bonds. The highest BCUT2D eigenvalue weighted by atomic mass is 32.2. The van der Waals surface area contributed by atoms with Crippen molar-refractivity contribution in [2.45, 2.75) is 0 Å². The Morgan fingerprint density at radius 1 is 1.26 bits per heavy atom. The van der Waals surface area contributed by atoms with Crippen LogP contribution in [0, 0.1) is 0 Å². The zero-order valence-electron chi connectivity index (χ0n) is 10.00.